The van der Waals surface area contributed by atoms with Crippen molar-refractivity contribution in [3.8, 4) is 0 Å². The normalized spacial score (nSPS) is 18.6. The van der Waals surface area contributed by atoms with Crippen LogP contribution in [0.3, 0.4) is 0 Å². The van der Waals surface area contributed by atoms with Crippen molar-refractivity contribution in [2.75, 3.05) is 26.8 Å². The molecule has 0 saturated carbocycles. The lowest BCUT2D eigenvalue weighted by Gasteiger charge is -2.29. The van der Waals surface area contributed by atoms with E-state index in [1.807, 2.05) is 0 Å². The number of amides is 2. The van der Waals surface area contributed by atoms with Crippen molar-refractivity contribution in [1.82, 2.24) is 10.2 Å². The number of carbonyl (C=O) groups excluding carboxylic acids is 2. The average molecular weight is 242 g/mol. The van der Waals surface area contributed by atoms with Crippen molar-refractivity contribution in [3.63, 3.8) is 0 Å². The summed E-state index contributed by atoms with van der Waals surface area (Å²) in [7, 11) is 1.63. The van der Waals surface area contributed by atoms with Crippen molar-refractivity contribution in [2.24, 2.45) is 0 Å². The van der Waals surface area contributed by atoms with Crippen LogP contribution in [0.5, 0.6) is 0 Å². The maximum atomic E-state index is 11.7. The zero-order valence-corrected chi connectivity index (χ0v) is 10.7. The summed E-state index contributed by atoms with van der Waals surface area (Å²) < 4.78 is 5.10. The van der Waals surface area contributed by atoms with Crippen LogP contribution in [0.2, 0.25) is 0 Å². The van der Waals surface area contributed by atoms with Crippen LogP contribution in [0.4, 0.5) is 0 Å². The van der Waals surface area contributed by atoms with Crippen LogP contribution < -0.4 is 5.32 Å². The predicted octanol–water partition coefficient (Wildman–Crippen LogP) is 0.540. The van der Waals surface area contributed by atoms with Gasteiger partial charge < -0.3 is 10.1 Å². The molecule has 0 spiro atoms. The summed E-state index contributed by atoms with van der Waals surface area (Å²) in [6, 6.07) is 0.0333. The summed E-state index contributed by atoms with van der Waals surface area (Å²) in [6.07, 6.45) is 2.67. The van der Waals surface area contributed by atoms with Crippen LogP contribution in [-0.4, -0.2) is 49.6 Å². The smallest absolute Gasteiger partial charge is 0.229 e. The fourth-order valence-corrected chi connectivity index (χ4v) is 1.95. The molecule has 0 bridgehead atoms. The number of carbonyl (C=O) groups is 2. The molecule has 17 heavy (non-hydrogen) atoms. The summed E-state index contributed by atoms with van der Waals surface area (Å²) >= 11 is 0. The first-order chi connectivity index (χ1) is 8.19. The van der Waals surface area contributed by atoms with Gasteiger partial charge >= 0.3 is 0 Å². The second-order valence-electron chi connectivity index (χ2n) is 4.36. The van der Waals surface area contributed by atoms with Gasteiger partial charge in [0.1, 0.15) is 0 Å². The topological polar surface area (TPSA) is 58.6 Å². The second kappa shape index (κ2) is 7.40. The van der Waals surface area contributed by atoms with E-state index in [9.17, 15) is 9.59 Å². The molecule has 1 atom stereocenters. The molecule has 1 aliphatic rings. The van der Waals surface area contributed by atoms with Crippen molar-refractivity contribution in [3.05, 3.63) is 0 Å². The fraction of sp³-hybridized carbons (Fsp3) is 0.833. The first-order valence-corrected chi connectivity index (χ1v) is 6.24. The first kappa shape index (κ1) is 14.1. The van der Waals surface area contributed by atoms with Crippen LogP contribution in [0, 0.1) is 0 Å². The minimum absolute atomic E-state index is 0.0333. The SMILES string of the molecule is CCCNC(COC)CN1C(=O)CCCC1=O. The summed E-state index contributed by atoms with van der Waals surface area (Å²) in [6.45, 7) is 3.88. The molecule has 0 aromatic heterocycles. The third-order valence-corrected chi connectivity index (χ3v) is 2.84. The lowest BCUT2D eigenvalue weighted by Crippen LogP contribution is -2.50. The molecule has 0 aromatic carbocycles. The molecule has 1 N–H and O–H groups in total. The molecule has 1 rings (SSSR count). The van der Waals surface area contributed by atoms with E-state index in [1.165, 1.54) is 4.90 Å². The summed E-state index contributed by atoms with van der Waals surface area (Å²) in [4.78, 5) is 24.7. The lowest BCUT2D eigenvalue weighted by atomic mass is 10.1. The standard InChI is InChI=1S/C12H22N2O3/c1-3-7-13-10(9-17-2)8-14-11(15)5-4-6-12(14)16/h10,13H,3-9H2,1-2H3. The Morgan fingerprint density at radius 3 is 2.53 bits per heavy atom. The predicted molar refractivity (Wildman–Crippen MR) is 64.5 cm³/mol. The van der Waals surface area contributed by atoms with Crippen molar-refractivity contribution >= 4 is 11.8 Å². The third-order valence-electron chi connectivity index (χ3n) is 2.84. The number of piperidine rings is 1. The molecule has 1 unspecified atom stereocenters. The Morgan fingerprint density at radius 2 is 2.00 bits per heavy atom. The molecule has 0 radical (unpaired) electrons. The number of methoxy groups -OCH3 is 1. The molecule has 5 heteroatoms. The minimum atomic E-state index is -0.0550. The zero-order chi connectivity index (χ0) is 12.7. The van der Waals surface area contributed by atoms with Gasteiger partial charge in [0.25, 0.3) is 0 Å². The molecule has 1 fully saturated rings. The fourth-order valence-electron chi connectivity index (χ4n) is 1.95. The number of ether oxygens (including phenoxy) is 1. The van der Waals surface area contributed by atoms with E-state index in [0.717, 1.165) is 13.0 Å². The van der Waals surface area contributed by atoms with Crippen molar-refractivity contribution in [1.29, 1.82) is 0 Å². The maximum Gasteiger partial charge on any atom is 0.229 e. The van der Waals surface area contributed by atoms with E-state index in [1.54, 1.807) is 7.11 Å². The van der Waals surface area contributed by atoms with Gasteiger partial charge in [-0.3, -0.25) is 14.5 Å². The number of rotatable bonds is 7. The Kier molecular flexibility index (Phi) is 6.15. The highest BCUT2D eigenvalue weighted by molar-refractivity contribution is 5.97. The minimum Gasteiger partial charge on any atom is -0.383 e. The van der Waals surface area contributed by atoms with Gasteiger partial charge in [-0.1, -0.05) is 6.92 Å². The lowest BCUT2D eigenvalue weighted by molar-refractivity contribution is -0.148. The summed E-state index contributed by atoms with van der Waals surface area (Å²) in [5, 5.41) is 3.29. The Labute approximate surface area is 102 Å². The highest BCUT2D eigenvalue weighted by Crippen LogP contribution is 2.12. The number of nitrogens with one attached hydrogen (secondary N) is 1. The first-order valence-electron chi connectivity index (χ1n) is 6.24. The van der Waals surface area contributed by atoms with E-state index in [-0.39, 0.29) is 17.9 Å². The van der Waals surface area contributed by atoms with E-state index in [2.05, 4.69) is 12.2 Å². The van der Waals surface area contributed by atoms with Crippen molar-refractivity contribution in [2.45, 2.75) is 38.6 Å². The Morgan fingerprint density at radius 1 is 1.35 bits per heavy atom. The highest BCUT2D eigenvalue weighted by atomic mass is 16.5. The second-order valence-corrected chi connectivity index (χ2v) is 4.36. The molecule has 1 heterocycles. The van der Waals surface area contributed by atoms with Gasteiger partial charge in [-0.25, -0.2) is 0 Å². The van der Waals surface area contributed by atoms with Gasteiger partial charge in [0, 0.05) is 32.5 Å². The Hall–Kier alpha value is -0.940. The van der Waals surface area contributed by atoms with E-state index < -0.39 is 0 Å². The van der Waals surface area contributed by atoms with Crippen LogP contribution in [0.25, 0.3) is 0 Å². The number of hydrogen-bond donors (Lipinski definition) is 1. The monoisotopic (exact) mass is 242 g/mol. The molecular weight excluding hydrogens is 220 g/mol. The van der Waals surface area contributed by atoms with Gasteiger partial charge in [0.2, 0.25) is 11.8 Å². The van der Waals surface area contributed by atoms with Crippen LogP contribution in [0.15, 0.2) is 0 Å². The summed E-state index contributed by atoms with van der Waals surface area (Å²) in [5.41, 5.74) is 0. The number of likely N-dealkylation sites (tertiary alicyclic amines) is 1. The van der Waals surface area contributed by atoms with E-state index >= 15 is 0 Å². The Bertz CT molecular complexity index is 252. The molecule has 0 aliphatic carbocycles. The van der Waals surface area contributed by atoms with Gasteiger partial charge in [-0.15, -0.1) is 0 Å². The molecule has 5 nitrogen and oxygen atoms in total. The van der Waals surface area contributed by atoms with Crippen LogP contribution >= 0.6 is 0 Å². The number of imide groups is 1. The van der Waals surface area contributed by atoms with Crippen LogP contribution in [-0.2, 0) is 14.3 Å². The van der Waals surface area contributed by atoms with E-state index in [4.69, 9.17) is 4.74 Å². The molecular formula is C12H22N2O3. The van der Waals surface area contributed by atoms with Crippen LogP contribution in [0.1, 0.15) is 32.6 Å². The highest BCUT2D eigenvalue weighted by Gasteiger charge is 2.27. The molecule has 1 saturated heterocycles. The molecule has 2 amide bonds. The Balaban J connectivity index is 2.51. The average Bonchev–Trinajstić information content (AvgIpc) is 2.31. The largest absolute Gasteiger partial charge is 0.383 e. The molecule has 98 valence electrons. The summed E-state index contributed by atoms with van der Waals surface area (Å²) in [5.74, 6) is -0.110. The van der Waals surface area contributed by atoms with Crippen molar-refractivity contribution < 1.29 is 14.3 Å². The van der Waals surface area contributed by atoms with Gasteiger partial charge in [-0.2, -0.15) is 0 Å². The van der Waals surface area contributed by atoms with Gasteiger partial charge in [0.15, 0.2) is 0 Å². The van der Waals surface area contributed by atoms with Gasteiger partial charge in [0.05, 0.1) is 6.61 Å². The zero-order valence-electron chi connectivity index (χ0n) is 10.7. The quantitative estimate of drug-likeness (QED) is 0.662. The maximum absolute atomic E-state index is 11.7. The molecule has 0 aromatic rings. The number of nitrogens with zero attached hydrogens (tertiary/aromatic N) is 1. The van der Waals surface area contributed by atoms with Gasteiger partial charge in [-0.05, 0) is 19.4 Å². The third kappa shape index (κ3) is 4.44. The molecule has 1 aliphatic heterocycles. The number of hydrogen-bond acceptors (Lipinski definition) is 4. The van der Waals surface area contributed by atoms with E-state index in [0.29, 0.717) is 32.4 Å².